The van der Waals surface area contributed by atoms with Crippen molar-refractivity contribution in [3.8, 4) is 5.75 Å². The molecule has 0 aliphatic carbocycles. The molecular formula is C19H21N3O3S. The highest BCUT2D eigenvalue weighted by Gasteiger charge is 2.13. The van der Waals surface area contributed by atoms with Gasteiger partial charge in [0.15, 0.2) is 5.11 Å². The zero-order chi connectivity index (χ0) is 19.3. The number of hydrogen-bond donors (Lipinski definition) is 4. The number of hydrogen-bond acceptors (Lipinski definition) is 4. The van der Waals surface area contributed by atoms with Gasteiger partial charge < -0.3 is 15.5 Å². The first kappa shape index (κ1) is 19.4. The van der Waals surface area contributed by atoms with Crippen LogP contribution in [-0.4, -0.2) is 27.5 Å². The Labute approximate surface area is 157 Å². The van der Waals surface area contributed by atoms with Crippen LogP contribution in [0.25, 0.3) is 0 Å². The summed E-state index contributed by atoms with van der Waals surface area (Å²) in [5, 5.41) is 26.7. The summed E-state index contributed by atoms with van der Waals surface area (Å²) >= 11 is 5.20. The molecule has 0 aliphatic rings. The summed E-state index contributed by atoms with van der Waals surface area (Å²) in [5.41, 5.74) is 5.42. The number of benzene rings is 2. The van der Waals surface area contributed by atoms with Gasteiger partial charge in [-0.1, -0.05) is 44.2 Å². The van der Waals surface area contributed by atoms with Crippen LogP contribution in [0.5, 0.6) is 5.75 Å². The van der Waals surface area contributed by atoms with Crippen molar-refractivity contribution in [2.45, 2.75) is 26.7 Å². The van der Waals surface area contributed by atoms with Gasteiger partial charge in [-0.25, -0.2) is 4.79 Å². The molecule has 0 fully saturated rings. The predicted molar refractivity (Wildman–Crippen MR) is 107 cm³/mol. The van der Waals surface area contributed by atoms with Gasteiger partial charge in [-0.3, -0.25) is 5.43 Å². The van der Waals surface area contributed by atoms with E-state index in [1.54, 1.807) is 18.2 Å². The Kier molecular flexibility index (Phi) is 6.30. The molecule has 0 radical (unpaired) electrons. The number of thiocarbonyl (C=S) groups is 1. The van der Waals surface area contributed by atoms with Crippen LogP contribution in [0.2, 0.25) is 0 Å². The van der Waals surface area contributed by atoms with E-state index in [1.165, 1.54) is 12.3 Å². The molecule has 0 amide bonds. The van der Waals surface area contributed by atoms with Gasteiger partial charge in [0.2, 0.25) is 0 Å². The number of carboxylic acid groups (broad SMARTS) is 1. The molecular weight excluding hydrogens is 350 g/mol. The van der Waals surface area contributed by atoms with Crippen LogP contribution in [0.15, 0.2) is 41.5 Å². The van der Waals surface area contributed by atoms with Gasteiger partial charge >= 0.3 is 5.97 Å². The van der Waals surface area contributed by atoms with Crippen molar-refractivity contribution >= 4 is 35.2 Å². The Bertz CT molecular complexity index is 863. The normalized spacial score (nSPS) is 10.9. The number of phenolic OH excluding ortho intramolecular Hbond substituents is 1. The third-order valence-corrected chi connectivity index (χ3v) is 4.03. The summed E-state index contributed by atoms with van der Waals surface area (Å²) in [4.78, 5) is 11.2. The molecule has 2 rings (SSSR count). The number of phenols is 1. The van der Waals surface area contributed by atoms with Crippen LogP contribution in [0.3, 0.4) is 0 Å². The van der Waals surface area contributed by atoms with Gasteiger partial charge in [-0.05, 0) is 42.3 Å². The smallest absolute Gasteiger partial charge is 0.336 e. The number of aryl methyl sites for hydroxylation is 1. The zero-order valence-electron chi connectivity index (χ0n) is 14.8. The maximum absolute atomic E-state index is 11.2. The van der Waals surface area contributed by atoms with Crippen LogP contribution in [0, 0.1) is 6.92 Å². The van der Waals surface area contributed by atoms with Crippen LogP contribution in [0.4, 0.5) is 5.69 Å². The molecule has 0 bridgehead atoms. The van der Waals surface area contributed by atoms with Crippen LogP contribution < -0.4 is 10.7 Å². The number of nitrogens with one attached hydrogen (secondary N) is 2. The van der Waals surface area contributed by atoms with E-state index in [4.69, 9.17) is 17.3 Å². The van der Waals surface area contributed by atoms with Gasteiger partial charge in [-0.15, -0.1) is 0 Å². The molecule has 0 aromatic heterocycles. The molecule has 2 aromatic carbocycles. The monoisotopic (exact) mass is 371 g/mol. The molecule has 0 saturated heterocycles. The predicted octanol–water partition coefficient (Wildman–Crippen LogP) is 3.84. The van der Waals surface area contributed by atoms with E-state index in [0.29, 0.717) is 11.3 Å². The van der Waals surface area contributed by atoms with E-state index < -0.39 is 5.97 Å². The van der Waals surface area contributed by atoms with E-state index in [-0.39, 0.29) is 22.3 Å². The first-order valence-electron chi connectivity index (χ1n) is 8.06. The minimum atomic E-state index is -1.03. The second kappa shape index (κ2) is 8.44. The van der Waals surface area contributed by atoms with Crippen molar-refractivity contribution in [1.29, 1.82) is 0 Å². The second-order valence-electron chi connectivity index (χ2n) is 6.07. The van der Waals surface area contributed by atoms with Crippen LogP contribution >= 0.6 is 12.2 Å². The molecule has 4 N–H and O–H groups in total. The summed E-state index contributed by atoms with van der Waals surface area (Å²) < 4.78 is 0. The summed E-state index contributed by atoms with van der Waals surface area (Å²) in [5.74, 6) is -0.702. The molecule has 136 valence electrons. The maximum atomic E-state index is 11.2. The average Bonchev–Trinajstić information content (AvgIpc) is 2.58. The number of anilines is 1. The third kappa shape index (κ3) is 4.58. The average molecular weight is 371 g/mol. The van der Waals surface area contributed by atoms with Gasteiger partial charge in [0, 0.05) is 5.56 Å². The Balaban J connectivity index is 2.11. The molecule has 0 heterocycles. The number of carbonyl (C=O) groups is 1. The van der Waals surface area contributed by atoms with Crippen molar-refractivity contribution in [2.24, 2.45) is 5.10 Å². The fourth-order valence-corrected chi connectivity index (χ4v) is 2.59. The lowest BCUT2D eigenvalue weighted by molar-refractivity contribution is 0.0696. The molecule has 0 saturated carbocycles. The lowest BCUT2D eigenvalue weighted by Gasteiger charge is -2.16. The largest absolute Gasteiger partial charge is 0.505 e. The second-order valence-corrected chi connectivity index (χ2v) is 6.47. The SMILES string of the molecule is Cc1ccc(C(C)C)c(O)c1NC(=S)N/N=C\c1ccccc1C(=O)O. The minimum Gasteiger partial charge on any atom is -0.505 e. The van der Waals surface area contributed by atoms with Crippen LogP contribution in [-0.2, 0) is 0 Å². The third-order valence-electron chi connectivity index (χ3n) is 3.84. The molecule has 2 aromatic rings. The highest BCUT2D eigenvalue weighted by Crippen LogP contribution is 2.35. The molecule has 26 heavy (non-hydrogen) atoms. The van der Waals surface area contributed by atoms with Crippen molar-refractivity contribution < 1.29 is 15.0 Å². The standard InChI is InChI=1S/C19H21N3O3S/c1-11(2)14-9-8-12(3)16(17(14)23)21-19(26)22-20-10-13-6-4-5-7-15(13)18(24)25/h4-11,23H,1-3H3,(H,24,25)(H2,21,22,26)/b20-10-. The maximum Gasteiger partial charge on any atom is 0.336 e. The minimum absolute atomic E-state index is 0.148. The first-order chi connectivity index (χ1) is 12.3. The highest BCUT2D eigenvalue weighted by molar-refractivity contribution is 7.80. The van der Waals surface area contributed by atoms with E-state index in [1.807, 2.05) is 32.9 Å². The molecule has 0 atom stereocenters. The van der Waals surface area contributed by atoms with Crippen LogP contribution in [0.1, 0.15) is 46.8 Å². The summed E-state index contributed by atoms with van der Waals surface area (Å²) in [7, 11) is 0. The number of nitrogens with zero attached hydrogens (tertiary/aromatic N) is 1. The zero-order valence-corrected chi connectivity index (χ0v) is 15.6. The number of rotatable bonds is 5. The number of aromatic hydroxyl groups is 1. The van der Waals surface area contributed by atoms with E-state index in [0.717, 1.165) is 11.1 Å². The topological polar surface area (TPSA) is 94.0 Å². The molecule has 7 heteroatoms. The fourth-order valence-electron chi connectivity index (χ4n) is 2.44. The fraction of sp³-hybridized carbons (Fsp3) is 0.211. The number of aromatic carboxylic acids is 1. The quantitative estimate of drug-likeness (QED) is 0.276. The Morgan fingerprint density at radius 1 is 1.23 bits per heavy atom. The van der Waals surface area contributed by atoms with E-state index in [9.17, 15) is 9.90 Å². The molecule has 6 nitrogen and oxygen atoms in total. The number of hydrazone groups is 1. The highest BCUT2D eigenvalue weighted by atomic mass is 32.1. The van der Waals surface area contributed by atoms with Crippen molar-refractivity contribution in [2.75, 3.05) is 5.32 Å². The van der Waals surface area contributed by atoms with Gasteiger partial charge in [0.1, 0.15) is 5.75 Å². The summed E-state index contributed by atoms with van der Waals surface area (Å²) in [6.45, 7) is 5.85. The van der Waals surface area contributed by atoms with Crippen molar-refractivity contribution in [3.05, 3.63) is 58.7 Å². The first-order valence-corrected chi connectivity index (χ1v) is 8.47. The van der Waals surface area contributed by atoms with Crippen molar-refractivity contribution in [3.63, 3.8) is 0 Å². The van der Waals surface area contributed by atoms with Gasteiger partial charge in [-0.2, -0.15) is 5.10 Å². The molecule has 0 unspecified atom stereocenters. The Hall–Kier alpha value is -2.93. The Morgan fingerprint density at radius 3 is 2.58 bits per heavy atom. The molecule has 0 aliphatic heterocycles. The van der Waals surface area contributed by atoms with E-state index >= 15 is 0 Å². The van der Waals surface area contributed by atoms with Gasteiger partial charge in [0.25, 0.3) is 0 Å². The van der Waals surface area contributed by atoms with Crippen molar-refractivity contribution in [1.82, 2.24) is 5.43 Å². The molecule has 0 spiro atoms. The van der Waals surface area contributed by atoms with E-state index in [2.05, 4.69) is 15.8 Å². The summed E-state index contributed by atoms with van der Waals surface area (Å²) in [6.07, 6.45) is 1.38. The number of carboxylic acids is 1. The lowest BCUT2D eigenvalue weighted by atomic mass is 9.99. The summed E-state index contributed by atoms with van der Waals surface area (Å²) in [6, 6.07) is 10.3. The van der Waals surface area contributed by atoms with Gasteiger partial charge in [0.05, 0.1) is 17.5 Å². The Morgan fingerprint density at radius 2 is 1.92 bits per heavy atom. The lowest BCUT2D eigenvalue weighted by Crippen LogP contribution is -2.24.